The molecule has 2 fully saturated rings. The third-order valence-corrected chi connectivity index (χ3v) is 4.91. The van der Waals surface area contributed by atoms with Gasteiger partial charge in [-0.3, -0.25) is 9.78 Å². The Bertz CT molecular complexity index is 860. The molecule has 0 saturated carbocycles. The highest BCUT2D eigenvalue weighted by molar-refractivity contribution is 5.95. The van der Waals surface area contributed by atoms with Crippen molar-refractivity contribution in [2.45, 2.75) is 18.6 Å². The zero-order chi connectivity index (χ0) is 18.7. The lowest BCUT2D eigenvalue weighted by atomic mass is 10.0. The summed E-state index contributed by atoms with van der Waals surface area (Å²) >= 11 is 0. The number of amides is 1. The van der Waals surface area contributed by atoms with E-state index < -0.39 is 5.79 Å². The van der Waals surface area contributed by atoms with Crippen LogP contribution in [-0.4, -0.2) is 47.9 Å². The highest BCUT2D eigenvalue weighted by Gasteiger charge is 2.40. The Hall–Kier alpha value is -2.95. The Morgan fingerprint density at radius 1 is 1.11 bits per heavy atom. The van der Waals surface area contributed by atoms with Crippen LogP contribution >= 0.6 is 0 Å². The number of ether oxygens (including phenoxy) is 2. The second kappa shape index (κ2) is 7.35. The van der Waals surface area contributed by atoms with Crippen molar-refractivity contribution >= 4 is 17.3 Å². The maximum Gasteiger partial charge on any atom is 0.255 e. The van der Waals surface area contributed by atoms with Crippen LogP contribution in [0.5, 0.6) is 0 Å². The first-order valence-corrected chi connectivity index (χ1v) is 8.97. The van der Waals surface area contributed by atoms with E-state index >= 15 is 0 Å². The van der Waals surface area contributed by atoms with Crippen LogP contribution in [0.1, 0.15) is 28.8 Å². The van der Waals surface area contributed by atoms with Gasteiger partial charge in [-0.25, -0.2) is 0 Å². The molecule has 27 heavy (non-hydrogen) atoms. The van der Waals surface area contributed by atoms with Crippen LogP contribution in [0.3, 0.4) is 0 Å². The number of hydrogen-bond donors (Lipinski definition) is 1. The molecule has 1 spiro atoms. The van der Waals surface area contributed by atoms with Crippen LogP contribution in [0.4, 0.5) is 11.4 Å². The van der Waals surface area contributed by atoms with Gasteiger partial charge in [0.15, 0.2) is 5.79 Å². The Labute approximate surface area is 157 Å². The third-order valence-electron chi connectivity index (χ3n) is 4.91. The average molecular weight is 364 g/mol. The highest BCUT2D eigenvalue weighted by atomic mass is 16.7. The summed E-state index contributed by atoms with van der Waals surface area (Å²) in [6.45, 7) is 2.46. The SMILES string of the molecule is N#Cc1ccc(Nc2cncc(C(=O)N3CCC4(CC3)OCCO4)c2)cc1. The van der Waals surface area contributed by atoms with Gasteiger partial charge in [-0.15, -0.1) is 0 Å². The van der Waals surface area contributed by atoms with Crippen LogP contribution in [-0.2, 0) is 9.47 Å². The number of anilines is 2. The fraction of sp³-hybridized carbons (Fsp3) is 0.350. The largest absolute Gasteiger partial charge is 0.354 e. The summed E-state index contributed by atoms with van der Waals surface area (Å²) in [6, 6.07) is 11.0. The van der Waals surface area contributed by atoms with Crippen molar-refractivity contribution in [1.82, 2.24) is 9.88 Å². The van der Waals surface area contributed by atoms with Gasteiger partial charge in [0.05, 0.1) is 42.3 Å². The minimum absolute atomic E-state index is 0.0428. The number of rotatable bonds is 3. The number of likely N-dealkylation sites (tertiary alicyclic amines) is 1. The minimum atomic E-state index is -0.492. The van der Waals surface area contributed by atoms with Crippen molar-refractivity contribution in [2.24, 2.45) is 0 Å². The molecule has 1 amide bonds. The van der Waals surface area contributed by atoms with Gasteiger partial charge in [-0.2, -0.15) is 5.26 Å². The number of pyridine rings is 1. The Balaban J connectivity index is 1.42. The van der Waals surface area contributed by atoms with E-state index in [1.54, 1.807) is 30.6 Å². The van der Waals surface area contributed by atoms with E-state index in [-0.39, 0.29) is 5.91 Å². The van der Waals surface area contributed by atoms with Gasteiger partial charge in [0.25, 0.3) is 5.91 Å². The van der Waals surface area contributed by atoms with Crippen molar-refractivity contribution < 1.29 is 14.3 Å². The summed E-state index contributed by atoms with van der Waals surface area (Å²) < 4.78 is 11.4. The fourth-order valence-corrected chi connectivity index (χ4v) is 3.44. The monoisotopic (exact) mass is 364 g/mol. The molecule has 0 atom stereocenters. The summed E-state index contributed by atoms with van der Waals surface area (Å²) in [7, 11) is 0. The molecule has 4 rings (SSSR count). The van der Waals surface area contributed by atoms with E-state index in [9.17, 15) is 4.79 Å². The quantitative estimate of drug-likeness (QED) is 0.901. The number of nitriles is 1. The van der Waals surface area contributed by atoms with Crippen LogP contribution in [0.2, 0.25) is 0 Å². The van der Waals surface area contributed by atoms with Gasteiger partial charge >= 0.3 is 0 Å². The number of nitrogens with one attached hydrogen (secondary N) is 1. The fourth-order valence-electron chi connectivity index (χ4n) is 3.44. The summed E-state index contributed by atoms with van der Waals surface area (Å²) in [5.74, 6) is -0.535. The Morgan fingerprint density at radius 3 is 2.48 bits per heavy atom. The molecular formula is C20H20N4O3. The summed E-state index contributed by atoms with van der Waals surface area (Å²) in [6.07, 6.45) is 4.63. The summed E-state index contributed by atoms with van der Waals surface area (Å²) in [4.78, 5) is 18.8. The average Bonchev–Trinajstić information content (AvgIpc) is 3.17. The molecule has 1 aromatic heterocycles. The highest BCUT2D eigenvalue weighted by Crippen LogP contribution is 2.31. The van der Waals surface area contributed by atoms with Gasteiger partial charge in [0, 0.05) is 37.8 Å². The molecule has 7 nitrogen and oxygen atoms in total. The number of carbonyl (C=O) groups is 1. The van der Waals surface area contributed by atoms with Gasteiger partial charge in [0.1, 0.15) is 0 Å². The maximum atomic E-state index is 12.8. The zero-order valence-electron chi connectivity index (χ0n) is 14.9. The summed E-state index contributed by atoms with van der Waals surface area (Å²) in [5, 5.41) is 12.1. The molecule has 2 aliphatic rings. The molecule has 0 unspecified atom stereocenters. The lowest BCUT2D eigenvalue weighted by Gasteiger charge is -2.37. The van der Waals surface area contributed by atoms with Crippen molar-refractivity contribution in [2.75, 3.05) is 31.6 Å². The van der Waals surface area contributed by atoms with Crippen molar-refractivity contribution in [3.8, 4) is 6.07 Å². The van der Waals surface area contributed by atoms with E-state index in [2.05, 4.69) is 16.4 Å². The minimum Gasteiger partial charge on any atom is -0.354 e. The molecule has 0 aliphatic carbocycles. The number of aromatic nitrogens is 1. The molecule has 2 saturated heterocycles. The Morgan fingerprint density at radius 2 is 1.81 bits per heavy atom. The lowest BCUT2D eigenvalue weighted by molar-refractivity contribution is -0.181. The number of nitrogens with zero attached hydrogens (tertiary/aromatic N) is 3. The first-order valence-electron chi connectivity index (χ1n) is 8.97. The van der Waals surface area contributed by atoms with E-state index in [0.717, 1.165) is 11.4 Å². The maximum absolute atomic E-state index is 12.8. The van der Waals surface area contributed by atoms with E-state index in [4.69, 9.17) is 14.7 Å². The van der Waals surface area contributed by atoms with Gasteiger partial charge in [-0.1, -0.05) is 0 Å². The van der Waals surface area contributed by atoms with E-state index in [1.807, 2.05) is 17.0 Å². The molecule has 1 N–H and O–H groups in total. The second-order valence-corrected chi connectivity index (χ2v) is 6.68. The molecule has 7 heteroatoms. The van der Waals surface area contributed by atoms with Gasteiger partial charge < -0.3 is 19.7 Å². The lowest BCUT2D eigenvalue weighted by Crippen LogP contribution is -2.47. The molecule has 0 radical (unpaired) electrons. The molecule has 2 aromatic rings. The number of hydrogen-bond acceptors (Lipinski definition) is 6. The van der Waals surface area contributed by atoms with Crippen LogP contribution in [0, 0.1) is 11.3 Å². The molecule has 3 heterocycles. The van der Waals surface area contributed by atoms with Crippen LogP contribution < -0.4 is 5.32 Å². The normalized spacial score (nSPS) is 18.3. The van der Waals surface area contributed by atoms with Crippen molar-refractivity contribution in [3.63, 3.8) is 0 Å². The summed E-state index contributed by atoms with van der Waals surface area (Å²) in [5.41, 5.74) is 2.69. The van der Waals surface area contributed by atoms with E-state index in [1.165, 1.54) is 0 Å². The first kappa shape index (κ1) is 17.5. The topological polar surface area (TPSA) is 87.5 Å². The Kier molecular flexibility index (Phi) is 4.75. The number of carbonyl (C=O) groups excluding carboxylic acids is 1. The molecule has 138 valence electrons. The third kappa shape index (κ3) is 3.77. The van der Waals surface area contributed by atoms with Crippen LogP contribution in [0.25, 0.3) is 0 Å². The number of piperidine rings is 1. The number of benzene rings is 1. The molecule has 0 bridgehead atoms. The standard InChI is InChI=1S/C20H20N4O3/c21-12-15-1-3-17(4-2-15)23-18-11-16(13-22-14-18)19(25)24-7-5-20(6-8-24)26-9-10-27-20/h1-4,11,13-14,23H,5-10H2. The predicted octanol–water partition coefficient (Wildman–Crippen LogP) is 2.68. The van der Waals surface area contributed by atoms with Gasteiger partial charge in [-0.05, 0) is 30.3 Å². The predicted molar refractivity (Wildman–Crippen MR) is 98.4 cm³/mol. The van der Waals surface area contributed by atoms with Crippen LogP contribution in [0.15, 0.2) is 42.7 Å². The van der Waals surface area contributed by atoms with E-state index in [0.29, 0.717) is 50.3 Å². The molecule has 1 aromatic carbocycles. The van der Waals surface area contributed by atoms with Crippen molar-refractivity contribution in [1.29, 1.82) is 5.26 Å². The van der Waals surface area contributed by atoms with Gasteiger partial charge in [0.2, 0.25) is 0 Å². The first-order chi connectivity index (χ1) is 13.2. The smallest absolute Gasteiger partial charge is 0.255 e. The van der Waals surface area contributed by atoms with Crippen molar-refractivity contribution in [3.05, 3.63) is 53.9 Å². The molecule has 2 aliphatic heterocycles. The molecular weight excluding hydrogens is 344 g/mol. The zero-order valence-corrected chi connectivity index (χ0v) is 14.9. The second-order valence-electron chi connectivity index (χ2n) is 6.68.